The minimum atomic E-state index is -0.474. The van der Waals surface area contributed by atoms with E-state index in [1.807, 2.05) is 52.0 Å². The summed E-state index contributed by atoms with van der Waals surface area (Å²) >= 11 is 1.77. The van der Waals surface area contributed by atoms with Crippen molar-refractivity contribution in [1.82, 2.24) is 0 Å². The fourth-order valence-electron chi connectivity index (χ4n) is 2.90. The fraction of sp³-hybridized carbons (Fsp3) is 0.600. The highest BCUT2D eigenvalue weighted by atomic mass is 32.2. The van der Waals surface area contributed by atoms with Gasteiger partial charge in [-0.05, 0) is 56.9 Å². The lowest BCUT2D eigenvalue weighted by Gasteiger charge is -2.26. The van der Waals surface area contributed by atoms with E-state index in [1.54, 1.807) is 11.8 Å². The van der Waals surface area contributed by atoms with E-state index >= 15 is 0 Å². The Bertz CT molecular complexity index is 586. The van der Waals surface area contributed by atoms with Gasteiger partial charge in [0.2, 0.25) is 0 Å². The van der Waals surface area contributed by atoms with E-state index in [2.05, 4.69) is 6.92 Å². The average Bonchev–Trinajstić information content (AvgIpc) is 2.52. The van der Waals surface area contributed by atoms with Crippen molar-refractivity contribution in [3.8, 4) is 0 Å². The van der Waals surface area contributed by atoms with Gasteiger partial charge in [0.1, 0.15) is 11.4 Å². The van der Waals surface area contributed by atoms with Crippen molar-refractivity contribution in [2.75, 3.05) is 5.75 Å². The van der Waals surface area contributed by atoms with Crippen LogP contribution in [0, 0.1) is 0 Å². The maximum Gasteiger partial charge on any atom is 0.313 e. The fourth-order valence-corrected chi connectivity index (χ4v) is 4.22. The van der Waals surface area contributed by atoms with Crippen LogP contribution >= 0.6 is 11.8 Å². The zero-order valence-electron chi connectivity index (χ0n) is 15.3. The van der Waals surface area contributed by atoms with Crippen LogP contribution in [0.5, 0.6) is 0 Å². The molecule has 1 aliphatic heterocycles. The molecule has 1 saturated heterocycles. The number of rotatable bonds is 4. The van der Waals surface area contributed by atoms with E-state index in [9.17, 15) is 9.59 Å². The van der Waals surface area contributed by atoms with Crippen LogP contribution in [-0.4, -0.2) is 28.4 Å². The smallest absolute Gasteiger partial charge is 0.313 e. The van der Waals surface area contributed by atoms with Crippen molar-refractivity contribution in [3.05, 3.63) is 35.4 Å². The molecule has 0 radical (unpaired) electrons. The Kier molecular flexibility index (Phi) is 6.13. The summed E-state index contributed by atoms with van der Waals surface area (Å²) in [6.45, 7) is 9.62. The normalized spacial score (nSPS) is 21.2. The molecule has 1 fully saturated rings. The summed E-state index contributed by atoms with van der Waals surface area (Å²) in [7, 11) is 0. The summed E-state index contributed by atoms with van der Waals surface area (Å²) in [5, 5.41) is 0.0629. The van der Waals surface area contributed by atoms with Gasteiger partial charge in [-0.2, -0.15) is 0 Å². The second-order valence-corrected chi connectivity index (χ2v) is 8.82. The number of ether oxygens (including phenoxy) is 1. The summed E-state index contributed by atoms with van der Waals surface area (Å²) in [5.74, 6) is 1.13. The predicted octanol–water partition coefficient (Wildman–Crippen LogP) is 4.70. The van der Waals surface area contributed by atoms with E-state index < -0.39 is 5.60 Å². The molecule has 0 bridgehead atoms. The van der Waals surface area contributed by atoms with Crippen LogP contribution in [0.15, 0.2) is 24.3 Å². The van der Waals surface area contributed by atoms with Gasteiger partial charge in [0.15, 0.2) is 0 Å². The molecular weight excluding hydrogens is 320 g/mol. The maximum atomic E-state index is 12.2. The number of benzene rings is 1. The van der Waals surface area contributed by atoms with Crippen molar-refractivity contribution < 1.29 is 14.3 Å². The molecule has 132 valence electrons. The zero-order valence-corrected chi connectivity index (χ0v) is 16.1. The Morgan fingerprint density at radius 2 is 1.75 bits per heavy atom. The van der Waals surface area contributed by atoms with E-state index in [-0.39, 0.29) is 23.1 Å². The summed E-state index contributed by atoms with van der Waals surface area (Å²) < 4.78 is 5.45. The van der Waals surface area contributed by atoms with Gasteiger partial charge in [0.25, 0.3) is 0 Å². The van der Waals surface area contributed by atoms with Gasteiger partial charge in [0, 0.05) is 6.42 Å². The van der Waals surface area contributed by atoms with Gasteiger partial charge in [0.05, 0.1) is 11.2 Å². The second kappa shape index (κ2) is 7.73. The summed E-state index contributed by atoms with van der Waals surface area (Å²) in [5.41, 5.74) is 1.63. The molecule has 3 atom stereocenters. The first-order chi connectivity index (χ1) is 11.2. The van der Waals surface area contributed by atoms with Crippen LogP contribution in [0.3, 0.4) is 0 Å². The van der Waals surface area contributed by atoms with Crippen molar-refractivity contribution in [2.24, 2.45) is 0 Å². The molecule has 0 aliphatic carbocycles. The summed E-state index contributed by atoms with van der Waals surface area (Å²) in [4.78, 5) is 24.3. The molecule has 1 aromatic rings. The number of esters is 1. The SMILES string of the molecule is CC(C(=O)OC(C)(C)C)c1ccc(C(C)C2SCCCC2=O)cc1. The quantitative estimate of drug-likeness (QED) is 0.740. The highest BCUT2D eigenvalue weighted by Crippen LogP contribution is 2.34. The van der Waals surface area contributed by atoms with Crippen LogP contribution in [0.2, 0.25) is 0 Å². The summed E-state index contributed by atoms with van der Waals surface area (Å²) in [6, 6.07) is 8.06. The third kappa shape index (κ3) is 4.85. The Labute approximate surface area is 149 Å². The molecule has 0 saturated carbocycles. The third-order valence-corrected chi connectivity index (χ3v) is 5.91. The second-order valence-electron chi connectivity index (χ2n) is 7.57. The first-order valence-corrected chi connectivity index (χ1v) is 9.71. The molecule has 4 heteroatoms. The number of ketones is 1. The third-order valence-electron chi connectivity index (χ3n) is 4.36. The molecule has 0 N–H and O–H groups in total. The molecule has 1 aliphatic rings. The zero-order chi connectivity index (χ0) is 17.9. The minimum Gasteiger partial charge on any atom is -0.460 e. The van der Waals surface area contributed by atoms with E-state index in [4.69, 9.17) is 4.74 Å². The van der Waals surface area contributed by atoms with Crippen LogP contribution in [-0.2, 0) is 14.3 Å². The van der Waals surface area contributed by atoms with Crippen molar-refractivity contribution in [3.63, 3.8) is 0 Å². The highest BCUT2D eigenvalue weighted by Gasteiger charge is 2.29. The van der Waals surface area contributed by atoms with Gasteiger partial charge < -0.3 is 4.74 Å². The monoisotopic (exact) mass is 348 g/mol. The molecule has 1 aromatic carbocycles. The maximum absolute atomic E-state index is 12.2. The number of thioether (sulfide) groups is 1. The van der Waals surface area contributed by atoms with Gasteiger partial charge in [-0.1, -0.05) is 31.2 Å². The number of hydrogen-bond acceptors (Lipinski definition) is 4. The van der Waals surface area contributed by atoms with Crippen LogP contribution in [0.25, 0.3) is 0 Å². The molecule has 3 unspecified atom stereocenters. The van der Waals surface area contributed by atoms with Crippen LogP contribution in [0.4, 0.5) is 0 Å². The highest BCUT2D eigenvalue weighted by molar-refractivity contribution is 8.00. The van der Waals surface area contributed by atoms with Crippen LogP contribution in [0.1, 0.15) is 70.4 Å². The predicted molar refractivity (Wildman–Crippen MR) is 99.6 cm³/mol. The van der Waals surface area contributed by atoms with Gasteiger partial charge >= 0.3 is 5.97 Å². The van der Waals surface area contributed by atoms with Gasteiger partial charge in [-0.25, -0.2) is 0 Å². The molecule has 0 aromatic heterocycles. The standard InChI is InChI=1S/C20H28O3S/c1-13(18-17(21)7-6-12-24-18)15-8-10-16(11-9-15)14(2)19(22)23-20(3,4)5/h8-11,13-14,18H,6-7,12H2,1-5H3. The van der Waals surface area contributed by atoms with E-state index in [1.165, 1.54) is 0 Å². The number of carbonyl (C=O) groups excluding carboxylic acids is 2. The van der Waals surface area contributed by atoms with Gasteiger partial charge in [-0.3, -0.25) is 9.59 Å². The molecule has 0 amide bonds. The van der Waals surface area contributed by atoms with Crippen molar-refractivity contribution in [1.29, 1.82) is 0 Å². The first kappa shape index (κ1) is 19.0. The lowest BCUT2D eigenvalue weighted by molar-refractivity contribution is -0.156. The Morgan fingerprint density at radius 3 is 2.29 bits per heavy atom. The van der Waals surface area contributed by atoms with E-state index in [0.29, 0.717) is 12.2 Å². The largest absolute Gasteiger partial charge is 0.460 e. The molecular formula is C20H28O3S. The lowest BCUT2D eigenvalue weighted by atomic mass is 9.91. The number of carbonyl (C=O) groups is 2. The Morgan fingerprint density at radius 1 is 1.17 bits per heavy atom. The molecule has 3 nitrogen and oxygen atoms in total. The molecule has 0 spiro atoms. The first-order valence-electron chi connectivity index (χ1n) is 8.66. The van der Waals surface area contributed by atoms with Crippen LogP contribution < -0.4 is 0 Å². The topological polar surface area (TPSA) is 43.4 Å². The lowest BCUT2D eigenvalue weighted by Crippen LogP contribution is -2.27. The van der Waals surface area contributed by atoms with E-state index in [0.717, 1.165) is 23.3 Å². The Hall–Kier alpha value is -1.29. The summed E-state index contributed by atoms with van der Waals surface area (Å²) in [6.07, 6.45) is 1.70. The number of Topliss-reactive ketones (excluding diaryl/α,β-unsaturated/α-hetero) is 1. The Balaban J connectivity index is 2.07. The molecule has 2 rings (SSSR count). The average molecular weight is 349 g/mol. The minimum absolute atomic E-state index is 0.0629. The number of hydrogen-bond donors (Lipinski definition) is 0. The van der Waals surface area contributed by atoms with Gasteiger partial charge in [-0.15, -0.1) is 11.8 Å². The molecule has 24 heavy (non-hydrogen) atoms. The van der Waals surface area contributed by atoms with Crippen molar-refractivity contribution >= 4 is 23.5 Å². The molecule has 1 heterocycles. The van der Waals surface area contributed by atoms with Crippen molar-refractivity contribution in [2.45, 2.75) is 70.1 Å².